The van der Waals surface area contributed by atoms with Crippen molar-refractivity contribution in [3.63, 3.8) is 0 Å². The van der Waals surface area contributed by atoms with E-state index in [1.165, 1.54) is 0 Å². The van der Waals surface area contributed by atoms with Gasteiger partial charge >= 0.3 is 11.6 Å². The quantitative estimate of drug-likeness (QED) is 0.824. The van der Waals surface area contributed by atoms with Crippen molar-refractivity contribution in [1.29, 1.82) is 0 Å². The summed E-state index contributed by atoms with van der Waals surface area (Å²) < 4.78 is 10.3. The van der Waals surface area contributed by atoms with E-state index in [-0.39, 0.29) is 5.95 Å². The van der Waals surface area contributed by atoms with Gasteiger partial charge in [-0.25, -0.2) is 4.79 Å². The van der Waals surface area contributed by atoms with Crippen molar-refractivity contribution in [2.45, 2.75) is 13.3 Å². The fourth-order valence-electron chi connectivity index (χ4n) is 1.43. The summed E-state index contributed by atoms with van der Waals surface area (Å²) in [6.45, 7) is 2.44. The molecule has 0 saturated heterocycles. The van der Waals surface area contributed by atoms with Gasteiger partial charge in [-0.3, -0.25) is 0 Å². The Labute approximate surface area is 97.6 Å². The van der Waals surface area contributed by atoms with Gasteiger partial charge in [0, 0.05) is 5.39 Å². The zero-order chi connectivity index (χ0) is 11.5. The van der Waals surface area contributed by atoms with Gasteiger partial charge in [0.05, 0.1) is 12.0 Å². The lowest BCUT2D eigenvalue weighted by molar-refractivity contribution is 0.233. The Balaban J connectivity index is 2.61. The fourth-order valence-corrected chi connectivity index (χ4v) is 1.69. The summed E-state index contributed by atoms with van der Waals surface area (Å²) in [4.78, 5) is 11.6. The van der Waals surface area contributed by atoms with Crippen molar-refractivity contribution in [1.82, 2.24) is 0 Å². The number of benzene rings is 1. The molecule has 0 aliphatic rings. The average molecular weight is 239 g/mol. The summed E-state index contributed by atoms with van der Waals surface area (Å²) in [6.07, 6.45) is 0.826. The normalized spacial score (nSPS) is 10.6. The third kappa shape index (κ3) is 1.91. The minimum atomic E-state index is -0.425. The van der Waals surface area contributed by atoms with E-state index in [1.54, 1.807) is 18.2 Å². The molecule has 0 fully saturated rings. The molecule has 0 radical (unpaired) electrons. The van der Waals surface area contributed by atoms with Crippen molar-refractivity contribution in [2.75, 3.05) is 6.61 Å². The van der Waals surface area contributed by atoms with E-state index in [9.17, 15) is 4.79 Å². The number of rotatable bonds is 3. The highest BCUT2D eigenvalue weighted by atomic mass is 35.5. The molecule has 0 bridgehead atoms. The van der Waals surface area contributed by atoms with Crippen LogP contribution in [0, 0.1) is 0 Å². The average Bonchev–Trinajstić information content (AvgIpc) is 2.32. The molecule has 2 aromatic rings. The molecule has 0 atom stereocenters. The summed E-state index contributed by atoms with van der Waals surface area (Å²) in [6, 6.07) is 7.03. The Hall–Kier alpha value is -1.48. The number of hydrogen-bond donors (Lipinski definition) is 0. The zero-order valence-electron chi connectivity index (χ0n) is 8.83. The highest BCUT2D eigenvalue weighted by Gasteiger charge is 2.12. The summed E-state index contributed by atoms with van der Waals surface area (Å²) in [7, 11) is 0. The maximum Gasteiger partial charge on any atom is 0.346 e. The van der Waals surface area contributed by atoms with Crippen LogP contribution in [0.1, 0.15) is 13.3 Å². The second-order valence-corrected chi connectivity index (χ2v) is 3.76. The van der Waals surface area contributed by atoms with Gasteiger partial charge in [-0.1, -0.05) is 36.7 Å². The van der Waals surface area contributed by atoms with Crippen LogP contribution in [0.25, 0.3) is 10.8 Å². The molecule has 0 saturated carbocycles. The van der Waals surface area contributed by atoms with Crippen LogP contribution in [-0.4, -0.2) is 6.61 Å². The van der Waals surface area contributed by atoms with E-state index < -0.39 is 5.63 Å². The molecule has 0 spiro atoms. The maximum absolute atomic E-state index is 11.6. The van der Waals surface area contributed by atoms with Crippen LogP contribution < -0.4 is 10.4 Å². The molecule has 0 aliphatic heterocycles. The van der Waals surface area contributed by atoms with Crippen molar-refractivity contribution in [3.05, 3.63) is 39.7 Å². The van der Waals surface area contributed by atoms with E-state index in [0.717, 1.165) is 6.42 Å². The molecular weight excluding hydrogens is 228 g/mol. The first kappa shape index (κ1) is 11.0. The fraction of sp³-hybridized carbons (Fsp3) is 0.250. The highest BCUT2D eigenvalue weighted by Crippen LogP contribution is 2.30. The molecule has 1 heterocycles. The Kier molecular flexibility index (Phi) is 3.15. The van der Waals surface area contributed by atoms with E-state index in [4.69, 9.17) is 20.8 Å². The molecule has 4 heteroatoms. The Bertz CT molecular complexity index is 560. The minimum absolute atomic E-state index is 0.104. The van der Waals surface area contributed by atoms with E-state index >= 15 is 0 Å². The van der Waals surface area contributed by atoms with Gasteiger partial charge in [0.2, 0.25) is 0 Å². The van der Waals surface area contributed by atoms with Crippen molar-refractivity contribution >= 4 is 22.4 Å². The lowest BCUT2D eigenvalue weighted by Gasteiger charge is -2.06. The van der Waals surface area contributed by atoms with Gasteiger partial charge in [0.15, 0.2) is 0 Å². The van der Waals surface area contributed by atoms with Crippen LogP contribution in [0.15, 0.2) is 33.5 Å². The second kappa shape index (κ2) is 4.58. The number of fused-ring (bicyclic) bond motifs is 1. The molecule has 1 aromatic heterocycles. The Morgan fingerprint density at radius 2 is 2.00 bits per heavy atom. The van der Waals surface area contributed by atoms with E-state index in [2.05, 4.69) is 0 Å². The number of halogens is 1. The van der Waals surface area contributed by atoms with Crippen molar-refractivity contribution < 1.29 is 9.15 Å². The Morgan fingerprint density at radius 1 is 1.31 bits per heavy atom. The third-order valence-corrected chi connectivity index (χ3v) is 2.54. The van der Waals surface area contributed by atoms with Gasteiger partial charge in [-0.2, -0.15) is 0 Å². The van der Waals surface area contributed by atoms with Gasteiger partial charge in [0.25, 0.3) is 0 Å². The highest BCUT2D eigenvalue weighted by molar-refractivity contribution is 6.36. The molecule has 0 aliphatic carbocycles. The van der Waals surface area contributed by atoms with E-state index in [1.807, 2.05) is 13.0 Å². The monoisotopic (exact) mass is 238 g/mol. The first-order valence-corrected chi connectivity index (χ1v) is 5.46. The number of hydrogen-bond acceptors (Lipinski definition) is 3. The molecule has 0 unspecified atom stereocenters. The van der Waals surface area contributed by atoms with Crippen LogP contribution in [0.5, 0.6) is 5.95 Å². The standard InChI is InChI=1S/C12H11ClO3/c1-2-7-15-12-10(13)8-5-3-4-6-9(8)11(14)16-12/h3-6H,2,7H2,1H3. The largest absolute Gasteiger partial charge is 0.464 e. The molecule has 16 heavy (non-hydrogen) atoms. The van der Waals surface area contributed by atoms with Gasteiger partial charge < -0.3 is 9.15 Å². The van der Waals surface area contributed by atoms with Gasteiger partial charge in [-0.05, 0) is 12.5 Å². The number of ether oxygens (including phenoxy) is 1. The molecule has 84 valence electrons. The molecular formula is C12H11ClO3. The predicted molar refractivity (Wildman–Crippen MR) is 63.3 cm³/mol. The predicted octanol–water partition coefficient (Wildman–Crippen LogP) is 3.24. The molecule has 0 amide bonds. The molecule has 3 nitrogen and oxygen atoms in total. The second-order valence-electron chi connectivity index (χ2n) is 3.39. The Morgan fingerprint density at radius 3 is 2.69 bits per heavy atom. The van der Waals surface area contributed by atoms with E-state index in [0.29, 0.717) is 22.4 Å². The smallest absolute Gasteiger partial charge is 0.346 e. The molecule has 1 aromatic carbocycles. The minimum Gasteiger partial charge on any atom is -0.464 e. The maximum atomic E-state index is 11.6. The summed E-state index contributed by atoms with van der Waals surface area (Å²) >= 11 is 6.09. The lowest BCUT2D eigenvalue weighted by Crippen LogP contribution is -2.04. The van der Waals surface area contributed by atoms with Crippen LogP contribution in [0.2, 0.25) is 5.02 Å². The third-order valence-electron chi connectivity index (χ3n) is 2.19. The zero-order valence-corrected chi connectivity index (χ0v) is 9.58. The first-order chi connectivity index (χ1) is 7.74. The summed E-state index contributed by atoms with van der Waals surface area (Å²) in [5.74, 6) is 0.104. The first-order valence-electron chi connectivity index (χ1n) is 5.08. The summed E-state index contributed by atoms with van der Waals surface area (Å²) in [5, 5.41) is 1.48. The summed E-state index contributed by atoms with van der Waals surface area (Å²) in [5.41, 5.74) is -0.425. The molecule has 0 N–H and O–H groups in total. The van der Waals surface area contributed by atoms with Crippen LogP contribution >= 0.6 is 11.6 Å². The van der Waals surface area contributed by atoms with Gasteiger partial charge in [-0.15, -0.1) is 0 Å². The van der Waals surface area contributed by atoms with Crippen molar-refractivity contribution in [3.8, 4) is 5.95 Å². The van der Waals surface area contributed by atoms with Crippen LogP contribution in [0.3, 0.4) is 0 Å². The SMILES string of the molecule is CCCOc1oc(=O)c2ccccc2c1Cl. The van der Waals surface area contributed by atoms with Crippen LogP contribution in [0.4, 0.5) is 0 Å². The van der Waals surface area contributed by atoms with Crippen LogP contribution in [-0.2, 0) is 0 Å². The topological polar surface area (TPSA) is 39.4 Å². The van der Waals surface area contributed by atoms with Crippen molar-refractivity contribution in [2.24, 2.45) is 0 Å². The molecule has 2 rings (SSSR count). The lowest BCUT2D eigenvalue weighted by atomic mass is 10.2. The van der Waals surface area contributed by atoms with Gasteiger partial charge in [0.1, 0.15) is 5.02 Å².